The first kappa shape index (κ1) is 12.7. The van der Waals surface area contributed by atoms with Crippen molar-refractivity contribution in [3.05, 3.63) is 35.4 Å². The lowest BCUT2D eigenvalue weighted by Gasteiger charge is -2.39. The van der Waals surface area contributed by atoms with Crippen molar-refractivity contribution in [3.8, 4) is 0 Å². The minimum absolute atomic E-state index is 0.0318. The fourth-order valence-corrected chi connectivity index (χ4v) is 4.07. The number of amides is 1. The van der Waals surface area contributed by atoms with Crippen molar-refractivity contribution in [2.45, 2.75) is 57.4 Å². The lowest BCUT2D eigenvalue weighted by Crippen LogP contribution is -2.46. The van der Waals surface area contributed by atoms with Gasteiger partial charge in [-0.25, -0.2) is 0 Å². The van der Waals surface area contributed by atoms with Crippen LogP contribution in [0.15, 0.2) is 24.3 Å². The van der Waals surface area contributed by atoms with Gasteiger partial charge in [0.05, 0.1) is 0 Å². The van der Waals surface area contributed by atoms with Gasteiger partial charge in [0.2, 0.25) is 5.91 Å². The van der Waals surface area contributed by atoms with Gasteiger partial charge in [0, 0.05) is 17.4 Å². The van der Waals surface area contributed by atoms with Gasteiger partial charge < -0.3 is 5.32 Å². The van der Waals surface area contributed by atoms with E-state index < -0.39 is 0 Å². The summed E-state index contributed by atoms with van der Waals surface area (Å²) in [5.74, 6) is 0.689. The highest BCUT2D eigenvalue weighted by Crippen LogP contribution is 2.48. The first-order valence-electron chi connectivity index (χ1n) is 7.51. The molecule has 2 aliphatic rings. The molecular formula is C17H23NO. The number of nitrogens with one attached hydrogen (secondary N) is 1. The van der Waals surface area contributed by atoms with Crippen molar-refractivity contribution in [2.24, 2.45) is 5.92 Å². The normalized spacial score (nSPS) is 29.5. The molecule has 0 bridgehead atoms. The Kier molecular flexibility index (Phi) is 3.12. The third-order valence-corrected chi connectivity index (χ3v) is 5.06. The first-order valence-corrected chi connectivity index (χ1v) is 7.51. The number of carbonyl (C=O) groups excluding carboxylic acids is 1. The molecule has 19 heavy (non-hydrogen) atoms. The van der Waals surface area contributed by atoms with Gasteiger partial charge in [-0.05, 0) is 25.3 Å². The molecule has 1 saturated carbocycles. The monoisotopic (exact) mass is 257 g/mol. The smallest absolute Gasteiger partial charge is 0.223 e. The SMILES string of the molecule is Cc1ccc([C@H]2[C@H](C)C(=O)NC23CCCCC3)cc1. The Bertz CT molecular complexity index is 471. The van der Waals surface area contributed by atoms with Crippen LogP contribution in [0, 0.1) is 12.8 Å². The van der Waals surface area contributed by atoms with Crippen molar-refractivity contribution in [2.75, 3.05) is 0 Å². The van der Waals surface area contributed by atoms with E-state index in [2.05, 4.69) is 43.4 Å². The molecule has 0 radical (unpaired) electrons. The van der Waals surface area contributed by atoms with Crippen LogP contribution in [0.5, 0.6) is 0 Å². The van der Waals surface area contributed by atoms with E-state index in [9.17, 15) is 4.79 Å². The highest BCUT2D eigenvalue weighted by molar-refractivity contribution is 5.84. The van der Waals surface area contributed by atoms with Crippen molar-refractivity contribution in [1.29, 1.82) is 0 Å². The van der Waals surface area contributed by atoms with Crippen molar-refractivity contribution < 1.29 is 4.79 Å². The largest absolute Gasteiger partial charge is 0.350 e. The van der Waals surface area contributed by atoms with E-state index in [0.717, 1.165) is 12.8 Å². The van der Waals surface area contributed by atoms with Crippen molar-refractivity contribution in [1.82, 2.24) is 5.32 Å². The maximum atomic E-state index is 12.2. The summed E-state index contributed by atoms with van der Waals surface area (Å²) in [4.78, 5) is 12.2. The molecule has 2 nitrogen and oxygen atoms in total. The number of rotatable bonds is 1. The fraction of sp³-hybridized carbons (Fsp3) is 0.588. The Hall–Kier alpha value is -1.31. The highest BCUT2D eigenvalue weighted by Gasteiger charge is 2.51. The van der Waals surface area contributed by atoms with Gasteiger partial charge in [-0.3, -0.25) is 4.79 Å². The third kappa shape index (κ3) is 2.07. The molecule has 1 spiro atoms. The second-order valence-electron chi connectivity index (χ2n) is 6.38. The minimum atomic E-state index is 0.0318. The van der Waals surface area contributed by atoms with Crippen LogP contribution in [0.25, 0.3) is 0 Å². The van der Waals surface area contributed by atoms with Crippen LogP contribution < -0.4 is 5.32 Å². The summed E-state index contributed by atoms with van der Waals surface area (Å²) in [6.45, 7) is 4.20. The van der Waals surface area contributed by atoms with E-state index in [-0.39, 0.29) is 17.4 Å². The molecule has 0 aromatic heterocycles. The van der Waals surface area contributed by atoms with E-state index in [1.807, 2.05) is 0 Å². The van der Waals surface area contributed by atoms with Crippen LogP contribution in [0.1, 0.15) is 56.1 Å². The van der Waals surface area contributed by atoms with Crippen LogP contribution >= 0.6 is 0 Å². The highest BCUT2D eigenvalue weighted by atomic mass is 16.2. The van der Waals surface area contributed by atoms with Crippen molar-refractivity contribution in [3.63, 3.8) is 0 Å². The van der Waals surface area contributed by atoms with Crippen molar-refractivity contribution >= 4 is 5.91 Å². The lowest BCUT2D eigenvalue weighted by atomic mass is 9.69. The van der Waals surface area contributed by atoms with Crippen LogP contribution in [0.3, 0.4) is 0 Å². The summed E-state index contributed by atoms with van der Waals surface area (Å²) < 4.78 is 0. The average molecular weight is 257 g/mol. The second-order valence-corrected chi connectivity index (χ2v) is 6.38. The summed E-state index contributed by atoms with van der Waals surface area (Å²) >= 11 is 0. The quantitative estimate of drug-likeness (QED) is 0.819. The zero-order chi connectivity index (χ0) is 13.5. The zero-order valence-electron chi connectivity index (χ0n) is 11.9. The first-order chi connectivity index (χ1) is 9.12. The van der Waals surface area contributed by atoms with Gasteiger partial charge in [0.15, 0.2) is 0 Å². The van der Waals surface area contributed by atoms with E-state index in [4.69, 9.17) is 0 Å². The molecule has 0 unspecified atom stereocenters. The predicted octanol–water partition coefficient (Wildman–Crippen LogP) is 3.55. The molecule has 1 aliphatic carbocycles. The molecule has 1 aromatic rings. The average Bonchev–Trinajstić information content (AvgIpc) is 2.64. The van der Waals surface area contributed by atoms with E-state index in [1.54, 1.807) is 0 Å². The maximum absolute atomic E-state index is 12.2. The van der Waals surface area contributed by atoms with Crippen LogP contribution in [-0.4, -0.2) is 11.4 Å². The number of carbonyl (C=O) groups is 1. The fourth-order valence-electron chi connectivity index (χ4n) is 4.07. The summed E-state index contributed by atoms with van der Waals surface area (Å²) in [5.41, 5.74) is 2.65. The Labute approximate surface area is 115 Å². The molecule has 1 aromatic carbocycles. The molecule has 2 heteroatoms. The Balaban J connectivity index is 1.99. The van der Waals surface area contributed by atoms with Crippen LogP contribution in [0.2, 0.25) is 0 Å². The molecule has 2 fully saturated rings. The topological polar surface area (TPSA) is 29.1 Å². The lowest BCUT2D eigenvalue weighted by molar-refractivity contribution is -0.122. The van der Waals surface area contributed by atoms with Crippen LogP contribution in [0.4, 0.5) is 0 Å². The zero-order valence-corrected chi connectivity index (χ0v) is 11.9. The maximum Gasteiger partial charge on any atom is 0.223 e. The summed E-state index contributed by atoms with van der Waals surface area (Å²) in [6, 6.07) is 8.77. The number of hydrogen-bond donors (Lipinski definition) is 1. The van der Waals surface area contributed by atoms with Gasteiger partial charge in [-0.1, -0.05) is 56.0 Å². The summed E-state index contributed by atoms with van der Waals surface area (Å²) in [6.07, 6.45) is 6.08. The predicted molar refractivity (Wildman–Crippen MR) is 77.0 cm³/mol. The summed E-state index contributed by atoms with van der Waals surface area (Å²) in [5, 5.41) is 3.34. The molecule has 1 saturated heterocycles. The minimum Gasteiger partial charge on any atom is -0.350 e. The molecule has 3 rings (SSSR count). The Morgan fingerprint density at radius 2 is 1.74 bits per heavy atom. The standard InChI is InChI=1S/C17H23NO/c1-12-6-8-14(9-7-12)15-13(2)16(19)18-17(15)10-4-3-5-11-17/h6-9,13,15H,3-5,10-11H2,1-2H3,(H,18,19)/t13-,15+/m0/s1. The molecule has 1 N–H and O–H groups in total. The second kappa shape index (κ2) is 4.66. The molecular weight excluding hydrogens is 234 g/mol. The van der Waals surface area contributed by atoms with Gasteiger partial charge in [0.1, 0.15) is 0 Å². The number of aryl methyl sites for hydroxylation is 1. The molecule has 1 aliphatic heterocycles. The molecule has 2 atom stereocenters. The number of hydrogen-bond acceptors (Lipinski definition) is 1. The third-order valence-electron chi connectivity index (χ3n) is 5.06. The van der Waals surface area contributed by atoms with E-state index in [0.29, 0.717) is 5.92 Å². The molecule has 1 heterocycles. The molecule has 1 amide bonds. The van der Waals surface area contributed by atoms with Gasteiger partial charge in [0.25, 0.3) is 0 Å². The summed E-state index contributed by atoms with van der Waals surface area (Å²) in [7, 11) is 0. The Morgan fingerprint density at radius 3 is 2.37 bits per heavy atom. The van der Waals surface area contributed by atoms with Gasteiger partial charge in [-0.2, -0.15) is 0 Å². The van der Waals surface area contributed by atoms with E-state index >= 15 is 0 Å². The Morgan fingerprint density at radius 1 is 1.11 bits per heavy atom. The van der Waals surface area contributed by atoms with Gasteiger partial charge >= 0.3 is 0 Å². The van der Waals surface area contributed by atoms with Crippen LogP contribution in [-0.2, 0) is 4.79 Å². The van der Waals surface area contributed by atoms with Gasteiger partial charge in [-0.15, -0.1) is 0 Å². The number of benzene rings is 1. The molecule has 102 valence electrons. The van der Waals surface area contributed by atoms with E-state index in [1.165, 1.54) is 30.4 Å².